The fourth-order valence-electron chi connectivity index (χ4n) is 0.856. The molecule has 2 N–H and O–H groups in total. The van der Waals surface area contributed by atoms with Gasteiger partial charge in [-0.25, -0.2) is 0 Å². The summed E-state index contributed by atoms with van der Waals surface area (Å²) in [4.78, 5) is 14.0. The molecule has 84 valence electrons. The lowest BCUT2D eigenvalue weighted by Crippen LogP contribution is -1.56. The molecule has 0 amide bonds. The topological polar surface area (TPSA) is 74.6 Å². The summed E-state index contributed by atoms with van der Waals surface area (Å²) in [5, 5.41) is 17.3. The molecule has 2 aromatic rings. The van der Waals surface area contributed by atoms with Crippen molar-refractivity contribution >= 4 is 0 Å². The van der Waals surface area contributed by atoms with Crippen molar-refractivity contribution in [2.45, 2.75) is 0 Å². The van der Waals surface area contributed by atoms with Crippen LogP contribution in [0.2, 0.25) is 0 Å². The maximum atomic E-state index is 8.63. The molecule has 0 saturated carbocycles. The monoisotopic (exact) mass is 220 g/mol. The first-order chi connectivity index (χ1) is 7.79. The Morgan fingerprint density at radius 1 is 0.562 bits per heavy atom. The van der Waals surface area contributed by atoms with Crippen LogP contribution in [-0.2, 0) is 0 Å². The summed E-state index contributed by atoms with van der Waals surface area (Å²) in [6, 6.07) is 17.4. The summed E-state index contributed by atoms with van der Waals surface area (Å²) in [6.07, 6.45) is 0. The lowest BCUT2D eigenvalue weighted by Gasteiger charge is -1.82. The van der Waals surface area contributed by atoms with E-state index in [1.807, 2.05) is 12.1 Å². The maximum absolute atomic E-state index is 8.63. The molecule has 0 heterocycles. The molecule has 0 bridgehead atoms. The van der Waals surface area contributed by atoms with Crippen molar-refractivity contribution in [1.29, 1.82) is 0 Å². The summed E-state index contributed by atoms with van der Waals surface area (Å²) < 4.78 is 0. The molecule has 16 heavy (non-hydrogen) atoms. The molecule has 0 fully saturated rings. The van der Waals surface area contributed by atoms with E-state index in [2.05, 4.69) is 0 Å². The van der Waals surface area contributed by atoms with E-state index >= 15 is 0 Å². The molecular weight excluding hydrogens is 208 g/mol. The standard InChI is InChI=1S/2C6H6O.O2/c2*7-6-4-2-1-3-5-6;1-2/h2*1-5,7H;. The number of phenols is 2. The third-order valence-corrected chi connectivity index (χ3v) is 1.51. The van der Waals surface area contributed by atoms with E-state index in [4.69, 9.17) is 20.1 Å². The zero-order valence-corrected chi connectivity index (χ0v) is 8.48. The molecule has 2 aromatic carbocycles. The number of hydrogen-bond donors (Lipinski definition) is 2. The minimum atomic E-state index is 0.322. The molecule has 4 heteroatoms. The van der Waals surface area contributed by atoms with Gasteiger partial charge in [-0.05, 0) is 24.3 Å². The van der Waals surface area contributed by atoms with Crippen molar-refractivity contribution < 1.29 is 10.2 Å². The van der Waals surface area contributed by atoms with Gasteiger partial charge >= 0.3 is 0 Å². The highest BCUT2D eigenvalue weighted by Gasteiger charge is 1.75. The van der Waals surface area contributed by atoms with Gasteiger partial charge in [0.05, 0.1) is 0 Å². The molecule has 0 saturated heterocycles. The summed E-state index contributed by atoms with van der Waals surface area (Å²) in [7, 11) is 0. The molecule has 0 unspecified atom stereocenters. The summed E-state index contributed by atoms with van der Waals surface area (Å²) in [5.74, 6) is 0.644. The zero-order valence-electron chi connectivity index (χ0n) is 8.48. The fraction of sp³-hybridized carbons (Fsp3) is 0. The van der Waals surface area contributed by atoms with Crippen LogP contribution in [0.5, 0.6) is 11.5 Å². The smallest absolute Gasteiger partial charge is 0.115 e. The Kier molecular flexibility index (Phi) is 7.85. The molecule has 0 radical (unpaired) electrons. The van der Waals surface area contributed by atoms with Crippen molar-refractivity contribution in [3.63, 3.8) is 0 Å². The predicted octanol–water partition coefficient (Wildman–Crippen LogP) is 2.85. The normalized spacial score (nSPS) is 7.75. The first-order valence-corrected chi connectivity index (χ1v) is 4.44. The van der Waals surface area contributed by atoms with Crippen LogP contribution in [0.3, 0.4) is 0 Å². The molecule has 0 spiro atoms. The first kappa shape index (κ1) is 13.6. The molecule has 0 aliphatic rings. The van der Waals surface area contributed by atoms with Gasteiger partial charge in [-0.3, -0.25) is 0 Å². The van der Waals surface area contributed by atoms with E-state index in [0.29, 0.717) is 11.5 Å². The van der Waals surface area contributed by atoms with Gasteiger partial charge in [-0.15, -0.1) is 0 Å². The van der Waals surface area contributed by atoms with Crippen molar-refractivity contribution in [2.75, 3.05) is 0 Å². The van der Waals surface area contributed by atoms with Crippen LogP contribution in [-0.4, -0.2) is 10.2 Å². The number of benzene rings is 2. The van der Waals surface area contributed by atoms with Crippen LogP contribution in [0.25, 0.3) is 0 Å². The highest BCUT2D eigenvalue weighted by Crippen LogP contribution is 2.03. The van der Waals surface area contributed by atoms with Gasteiger partial charge in [0.15, 0.2) is 0 Å². The molecule has 0 aromatic heterocycles. The Labute approximate surface area is 93.0 Å². The van der Waals surface area contributed by atoms with Gasteiger partial charge in [0.25, 0.3) is 0 Å². The zero-order chi connectivity index (χ0) is 12.2. The van der Waals surface area contributed by atoms with Crippen LogP contribution >= 0.6 is 0 Å². The average molecular weight is 220 g/mol. The van der Waals surface area contributed by atoms with Crippen LogP contribution < -0.4 is 0 Å². The molecule has 4 nitrogen and oxygen atoms in total. The highest BCUT2D eigenvalue weighted by atomic mass is 16.7. The van der Waals surface area contributed by atoms with Gasteiger partial charge in [-0.2, -0.15) is 0 Å². The highest BCUT2D eigenvalue weighted by molar-refractivity contribution is 5.19. The van der Waals surface area contributed by atoms with E-state index in [-0.39, 0.29) is 0 Å². The Bertz CT molecular complexity index is 324. The van der Waals surface area contributed by atoms with Crippen molar-refractivity contribution in [1.82, 2.24) is 0 Å². The molecule has 0 aliphatic carbocycles. The minimum absolute atomic E-state index is 0.322. The van der Waals surface area contributed by atoms with Gasteiger partial charge < -0.3 is 10.2 Å². The van der Waals surface area contributed by atoms with Crippen LogP contribution in [0.1, 0.15) is 0 Å². The number of hydrogen-bond acceptors (Lipinski definition) is 4. The minimum Gasteiger partial charge on any atom is -0.508 e. The van der Waals surface area contributed by atoms with E-state index < -0.39 is 0 Å². The second-order valence-corrected chi connectivity index (χ2v) is 2.67. The third-order valence-electron chi connectivity index (χ3n) is 1.51. The molecular formula is C12H12O4. The number of aromatic hydroxyl groups is 2. The van der Waals surface area contributed by atoms with Crippen molar-refractivity contribution in [3.05, 3.63) is 70.6 Å². The van der Waals surface area contributed by atoms with E-state index in [1.54, 1.807) is 48.5 Å². The quantitative estimate of drug-likeness (QED) is 0.715. The van der Waals surface area contributed by atoms with Gasteiger partial charge in [0.2, 0.25) is 0 Å². The summed E-state index contributed by atoms with van der Waals surface area (Å²) >= 11 is 0. The largest absolute Gasteiger partial charge is 0.508 e. The second kappa shape index (κ2) is 9.21. The molecule has 0 aliphatic heterocycles. The van der Waals surface area contributed by atoms with Crippen LogP contribution in [0.4, 0.5) is 0 Å². The predicted molar refractivity (Wildman–Crippen MR) is 62.9 cm³/mol. The maximum Gasteiger partial charge on any atom is 0.115 e. The Morgan fingerprint density at radius 3 is 0.938 bits per heavy atom. The van der Waals surface area contributed by atoms with Crippen LogP contribution in [0, 0.1) is 9.93 Å². The fourth-order valence-corrected chi connectivity index (χ4v) is 0.856. The van der Waals surface area contributed by atoms with E-state index in [1.165, 1.54) is 0 Å². The van der Waals surface area contributed by atoms with Crippen molar-refractivity contribution in [3.8, 4) is 11.5 Å². The Morgan fingerprint density at radius 2 is 0.812 bits per heavy atom. The van der Waals surface area contributed by atoms with Gasteiger partial charge in [0.1, 0.15) is 11.5 Å². The SMILES string of the molecule is O=O.Oc1ccccc1.Oc1ccccc1. The summed E-state index contributed by atoms with van der Waals surface area (Å²) in [5.41, 5.74) is 0. The Hall–Kier alpha value is -2.36. The molecule has 0 atom stereocenters. The first-order valence-electron chi connectivity index (χ1n) is 4.44. The van der Waals surface area contributed by atoms with E-state index in [9.17, 15) is 0 Å². The number of phenolic OH excluding ortho intramolecular Hbond substituents is 2. The van der Waals surface area contributed by atoms with Crippen molar-refractivity contribution in [2.24, 2.45) is 0 Å². The average Bonchev–Trinajstić information content (AvgIpc) is 2.34. The van der Waals surface area contributed by atoms with Gasteiger partial charge in [0, 0.05) is 9.93 Å². The summed E-state index contributed by atoms with van der Waals surface area (Å²) in [6.45, 7) is 0. The molecule has 2 rings (SSSR count). The van der Waals surface area contributed by atoms with Gasteiger partial charge in [-0.1, -0.05) is 36.4 Å². The third kappa shape index (κ3) is 7.08. The number of para-hydroxylation sites is 2. The van der Waals surface area contributed by atoms with Crippen LogP contribution in [0.15, 0.2) is 60.7 Å². The lowest BCUT2D eigenvalue weighted by atomic mass is 10.3. The van der Waals surface area contributed by atoms with E-state index in [0.717, 1.165) is 0 Å². The Balaban J connectivity index is 0.000000244. The second-order valence-electron chi connectivity index (χ2n) is 2.67. The lowest BCUT2D eigenvalue weighted by molar-refractivity contribution is 0.475. The number of rotatable bonds is 0.